The van der Waals surface area contributed by atoms with Crippen molar-refractivity contribution in [2.24, 2.45) is 5.92 Å². The summed E-state index contributed by atoms with van der Waals surface area (Å²) in [7, 11) is 0. The molecule has 1 aliphatic carbocycles. The molecular formula is C18H27NO2. The van der Waals surface area contributed by atoms with E-state index in [1.54, 1.807) is 6.20 Å². The summed E-state index contributed by atoms with van der Waals surface area (Å²) in [5, 5.41) is 10.6. The van der Waals surface area contributed by atoms with Gasteiger partial charge in [0.25, 0.3) is 0 Å². The summed E-state index contributed by atoms with van der Waals surface area (Å²) in [4.78, 5) is 4.14. The summed E-state index contributed by atoms with van der Waals surface area (Å²) in [6.45, 7) is 0.828. The summed E-state index contributed by atoms with van der Waals surface area (Å²) in [5.74, 6) is 0.411. The number of nitrogens with zero attached hydrogens (tertiary/aromatic N) is 1. The number of hydrogen-bond donors (Lipinski definition) is 1. The number of hydrogen-bond acceptors (Lipinski definition) is 3. The Hall–Kier alpha value is -0.930. The lowest BCUT2D eigenvalue weighted by atomic mass is 9.74. The van der Waals surface area contributed by atoms with Gasteiger partial charge in [-0.1, -0.05) is 25.3 Å². The smallest absolute Gasteiger partial charge is 0.0686 e. The van der Waals surface area contributed by atoms with Crippen molar-refractivity contribution < 1.29 is 9.84 Å². The van der Waals surface area contributed by atoms with Gasteiger partial charge in [0.1, 0.15) is 0 Å². The Balaban J connectivity index is 1.53. The van der Waals surface area contributed by atoms with Crippen molar-refractivity contribution in [1.29, 1.82) is 0 Å². The lowest BCUT2D eigenvalue weighted by Crippen LogP contribution is -2.44. The first-order valence-corrected chi connectivity index (χ1v) is 8.48. The van der Waals surface area contributed by atoms with E-state index >= 15 is 0 Å². The molecule has 2 fully saturated rings. The third-order valence-corrected chi connectivity index (χ3v) is 5.29. The van der Waals surface area contributed by atoms with E-state index in [4.69, 9.17) is 4.74 Å². The molecule has 2 atom stereocenters. The van der Waals surface area contributed by atoms with Crippen LogP contribution < -0.4 is 0 Å². The molecule has 2 heterocycles. The van der Waals surface area contributed by atoms with Crippen LogP contribution in [0.5, 0.6) is 0 Å². The molecule has 2 unspecified atom stereocenters. The average Bonchev–Trinajstić information content (AvgIpc) is 2.54. The Morgan fingerprint density at radius 1 is 1.33 bits per heavy atom. The monoisotopic (exact) mass is 289 g/mol. The molecule has 1 aromatic rings. The van der Waals surface area contributed by atoms with Crippen molar-refractivity contribution in [2.45, 2.75) is 69.5 Å². The first-order valence-electron chi connectivity index (χ1n) is 8.48. The molecule has 21 heavy (non-hydrogen) atoms. The van der Waals surface area contributed by atoms with E-state index in [9.17, 15) is 5.11 Å². The predicted molar refractivity (Wildman–Crippen MR) is 83.1 cm³/mol. The van der Waals surface area contributed by atoms with Crippen LogP contribution in [0.3, 0.4) is 0 Å². The van der Waals surface area contributed by atoms with Gasteiger partial charge in [0.15, 0.2) is 0 Å². The normalized spacial score (nSPS) is 26.6. The highest BCUT2D eigenvalue weighted by atomic mass is 16.5. The molecule has 1 N–H and O–H groups in total. The zero-order valence-corrected chi connectivity index (χ0v) is 12.8. The number of aliphatic hydroxyl groups excluding tert-OH is 1. The van der Waals surface area contributed by atoms with Gasteiger partial charge in [-0.3, -0.25) is 4.98 Å². The van der Waals surface area contributed by atoms with Crippen molar-refractivity contribution in [1.82, 2.24) is 4.98 Å². The number of aromatic nitrogens is 1. The van der Waals surface area contributed by atoms with E-state index in [0.717, 1.165) is 32.3 Å². The van der Waals surface area contributed by atoms with Gasteiger partial charge in [0.05, 0.1) is 11.7 Å². The maximum absolute atomic E-state index is 10.6. The van der Waals surface area contributed by atoms with Crippen LogP contribution in [0, 0.1) is 5.92 Å². The first kappa shape index (κ1) is 15.0. The van der Waals surface area contributed by atoms with Gasteiger partial charge in [-0.15, -0.1) is 0 Å². The SMILES string of the molecule is OC(CCc1cccnc1)C1CCOC2(CCCCC2)C1. The van der Waals surface area contributed by atoms with Crippen LogP contribution >= 0.6 is 0 Å². The molecule has 2 aliphatic rings. The fraction of sp³-hybridized carbons (Fsp3) is 0.722. The zero-order chi connectivity index (χ0) is 14.5. The van der Waals surface area contributed by atoms with Crippen LogP contribution in [0.1, 0.15) is 56.9 Å². The van der Waals surface area contributed by atoms with E-state index in [-0.39, 0.29) is 11.7 Å². The lowest BCUT2D eigenvalue weighted by Gasteiger charge is -2.44. The number of aryl methyl sites for hydroxylation is 1. The third-order valence-electron chi connectivity index (χ3n) is 5.29. The van der Waals surface area contributed by atoms with Crippen LogP contribution in [0.4, 0.5) is 0 Å². The molecule has 3 heteroatoms. The van der Waals surface area contributed by atoms with Crippen molar-refractivity contribution in [3.8, 4) is 0 Å². The van der Waals surface area contributed by atoms with Crippen LogP contribution in [0.15, 0.2) is 24.5 Å². The van der Waals surface area contributed by atoms with Crippen LogP contribution in [-0.4, -0.2) is 28.4 Å². The molecular weight excluding hydrogens is 262 g/mol. The summed E-state index contributed by atoms with van der Waals surface area (Å²) in [6, 6.07) is 4.06. The van der Waals surface area contributed by atoms with E-state index in [2.05, 4.69) is 11.1 Å². The molecule has 0 amide bonds. The minimum absolute atomic E-state index is 0.0937. The standard InChI is InChI=1S/C18H27NO2/c20-17(7-6-15-5-4-11-19-14-15)16-8-12-21-18(13-16)9-2-1-3-10-18/h4-5,11,14,16-17,20H,1-3,6-10,12-13H2. The third kappa shape index (κ3) is 3.83. The molecule has 3 nitrogen and oxygen atoms in total. The predicted octanol–water partition coefficient (Wildman–Crippen LogP) is 3.50. The maximum atomic E-state index is 10.6. The summed E-state index contributed by atoms with van der Waals surface area (Å²) in [6.07, 6.45) is 13.6. The molecule has 0 bridgehead atoms. The molecule has 1 aliphatic heterocycles. The molecule has 1 saturated heterocycles. The van der Waals surface area contributed by atoms with Gasteiger partial charge in [-0.2, -0.15) is 0 Å². The molecule has 0 radical (unpaired) electrons. The van der Waals surface area contributed by atoms with Gasteiger partial charge in [-0.25, -0.2) is 0 Å². The Kier molecular flexibility index (Phi) is 4.91. The zero-order valence-electron chi connectivity index (χ0n) is 12.8. The highest BCUT2D eigenvalue weighted by Crippen LogP contribution is 2.41. The fourth-order valence-electron chi connectivity index (χ4n) is 4.03. The molecule has 3 rings (SSSR count). The quantitative estimate of drug-likeness (QED) is 0.922. The average molecular weight is 289 g/mol. The number of aliphatic hydroxyl groups is 1. The molecule has 1 aromatic heterocycles. The molecule has 0 aromatic carbocycles. The lowest BCUT2D eigenvalue weighted by molar-refractivity contribution is -0.134. The minimum atomic E-state index is -0.201. The van der Waals surface area contributed by atoms with Crippen LogP contribution in [0.2, 0.25) is 0 Å². The van der Waals surface area contributed by atoms with E-state index < -0.39 is 0 Å². The number of pyridine rings is 1. The Bertz CT molecular complexity index is 423. The second kappa shape index (κ2) is 6.89. The van der Waals surface area contributed by atoms with Gasteiger partial charge in [0.2, 0.25) is 0 Å². The summed E-state index contributed by atoms with van der Waals surface area (Å²) >= 11 is 0. The van der Waals surface area contributed by atoms with E-state index in [1.165, 1.54) is 37.7 Å². The minimum Gasteiger partial charge on any atom is -0.393 e. The highest BCUT2D eigenvalue weighted by Gasteiger charge is 2.40. The Labute approximate surface area is 127 Å². The summed E-state index contributed by atoms with van der Waals surface area (Å²) < 4.78 is 6.13. The van der Waals surface area contributed by atoms with E-state index in [1.807, 2.05) is 12.3 Å². The van der Waals surface area contributed by atoms with Gasteiger partial charge >= 0.3 is 0 Å². The molecule has 1 saturated carbocycles. The highest BCUT2D eigenvalue weighted by molar-refractivity contribution is 5.08. The largest absolute Gasteiger partial charge is 0.393 e. The van der Waals surface area contributed by atoms with Crippen LogP contribution in [0.25, 0.3) is 0 Å². The van der Waals surface area contributed by atoms with Crippen LogP contribution in [-0.2, 0) is 11.2 Å². The van der Waals surface area contributed by atoms with Crippen molar-refractivity contribution >= 4 is 0 Å². The van der Waals surface area contributed by atoms with Gasteiger partial charge < -0.3 is 9.84 Å². The topological polar surface area (TPSA) is 42.4 Å². The van der Waals surface area contributed by atoms with Crippen molar-refractivity contribution in [2.75, 3.05) is 6.61 Å². The second-order valence-corrected chi connectivity index (χ2v) is 6.81. The maximum Gasteiger partial charge on any atom is 0.0686 e. The van der Waals surface area contributed by atoms with Crippen molar-refractivity contribution in [3.63, 3.8) is 0 Å². The second-order valence-electron chi connectivity index (χ2n) is 6.81. The first-order chi connectivity index (χ1) is 10.3. The van der Waals surface area contributed by atoms with Crippen molar-refractivity contribution in [3.05, 3.63) is 30.1 Å². The summed E-state index contributed by atoms with van der Waals surface area (Å²) in [5.41, 5.74) is 1.31. The van der Waals surface area contributed by atoms with Gasteiger partial charge in [0, 0.05) is 19.0 Å². The molecule has 116 valence electrons. The van der Waals surface area contributed by atoms with E-state index in [0.29, 0.717) is 5.92 Å². The fourth-order valence-corrected chi connectivity index (χ4v) is 4.03. The number of rotatable bonds is 4. The Morgan fingerprint density at radius 3 is 2.95 bits per heavy atom. The molecule has 1 spiro atoms. The van der Waals surface area contributed by atoms with Gasteiger partial charge in [-0.05, 0) is 56.1 Å². The number of ether oxygens (including phenoxy) is 1. The Morgan fingerprint density at radius 2 is 2.19 bits per heavy atom.